The van der Waals surface area contributed by atoms with Crippen LogP contribution in [0, 0.1) is 18.6 Å². The minimum Gasteiger partial charge on any atom is -0.490 e. The number of aromatic nitrogens is 4. The van der Waals surface area contributed by atoms with Crippen LogP contribution >= 0.6 is 0 Å². The smallest absolute Gasteiger partial charge is 0.337 e. The molecule has 0 bridgehead atoms. The van der Waals surface area contributed by atoms with Crippen molar-refractivity contribution in [3.8, 4) is 5.75 Å². The van der Waals surface area contributed by atoms with Gasteiger partial charge in [0.2, 0.25) is 0 Å². The van der Waals surface area contributed by atoms with Crippen LogP contribution in [-0.2, 0) is 20.8 Å². The predicted molar refractivity (Wildman–Crippen MR) is 200 cm³/mol. The molecule has 0 radical (unpaired) electrons. The maximum absolute atomic E-state index is 14.0. The quantitative estimate of drug-likeness (QED) is 0.0554. The molecule has 2 heterocycles. The van der Waals surface area contributed by atoms with Crippen LogP contribution < -0.4 is 38.3 Å². The molecule has 0 aliphatic carbocycles. The number of nitrogens with zero attached hydrogens (tertiary/aromatic N) is 4. The zero-order valence-electron chi connectivity index (χ0n) is 29.5. The van der Waals surface area contributed by atoms with E-state index in [4.69, 9.17) is 42.7 Å². The lowest BCUT2D eigenvalue weighted by Gasteiger charge is -2.13. The third kappa shape index (κ3) is 15.2. The number of carbonyl (C=O) groups excluding carboxylic acids is 2. The van der Waals surface area contributed by atoms with Crippen molar-refractivity contribution in [1.82, 2.24) is 19.1 Å². The van der Waals surface area contributed by atoms with E-state index in [-0.39, 0.29) is 53.7 Å². The van der Waals surface area contributed by atoms with E-state index in [9.17, 15) is 23.2 Å². The number of allylic oxidation sites excluding steroid dienone is 6. The maximum atomic E-state index is 14.0. The number of anilines is 2. The summed E-state index contributed by atoms with van der Waals surface area (Å²) in [6.45, 7) is 1.67. The van der Waals surface area contributed by atoms with Crippen LogP contribution in [0.2, 0.25) is 0 Å². The van der Waals surface area contributed by atoms with Crippen LogP contribution in [0.4, 0.5) is 20.2 Å². The molecule has 0 amide bonds. The SMILES string of the molecule is CNc1cc(F)c(CCOc2cc(NC)c(C(=O)O)cc2F)cc1C.N/C(C=O)=C\C=C(/N)n1ccnc1.N/C(C=O)=C\C=C(/N)n1ccnc1.O=CO. The molecule has 0 spiro atoms. The van der Waals surface area contributed by atoms with Gasteiger partial charge in [0.1, 0.15) is 30.1 Å². The van der Waals surface area contributed by atoms with Crippen molar-refractivity contribution in [3.05, 3.63) is 126 Å². The fraction of sp³-hybridized carbons (Fsp3) is 0.143. The Balaban J connectivity index is 0.000000424. The van der Waals surface area contributed by atoms with Gasteiger partial charge in [-0.25, -0.2) is 23.5 Å². The van der Waals surface area contributed by atoms with Crippen molar-refractivity contribution in [2.24, 2.45) is 22.9 Å². The molecule has 0 atom stereocenters. The number of hydrogen-bond donors (Lipinski definition) is 8. The van der Waals surface area contributed by atoms with Gasteiger partial charge in [0.05, 0.1) is 29.3 Å². The van der Waals surface area contributed by atoms with E-state index in [1.807, 2.05) is 6.92 Å². The molecule has 0 saturated heterocycles. The molecular formula is C35H42F2N10O7. The van der Waals surface area contributed by atoms with Crippen molar-refractivity contribution >= 4 is 48.0 Å². The summed E-state index contributed by atoms with van der Waals surface area (Å²) in [4.78, 5) is 47.3. The normalized spacial score (nSPS) is 11.3. The largest absolute Gasteiger partial charge is 0.490 e. The summed E-state index contributed by atoms with van der Waals surface area (Å²) in [6, 6.07) is 5.31. The van der Waals surface area contributed by atoms with Gasteiger partial charge in [-0.05, 0) is 54.5 Å². The summed E-state index contributed by atoms with van der Waals surface area (Å²) >= 11 is 0. The Bertz CT molecular complexity index is 1870. The molecule has 54 heavy (non-hydrogen) atoms. The molecule has 2 aromatic carbocycles. The predicted octanol–water partition coefficient (Wildman–Crippen LogP) is 2.74. The summed E-state index contributed by atoms with van der Waals surface area (Å²) in [6.07, 6.45) is 17.0. The summed E-state index contributed by atoms with van der Waals surface area (Å²) in [5.74, 6) is -1.57. The molecule has 0 fully saturated rings. The van der Waals surface area contributed by atoms with Crippen molar-refractivity contribution in [3.63, 3.8) is 0 Å². The summed E-state index contributed by atoms with van der Waals surface area (Å²) in [5, 5.41) is 21.5. The maximum Gasteiger partial charge on any atom is 0.337 e. The minimum absolute atomic E-state index is 0.0573. The highest BCUT2D eigenvalue weighted by Crippen LogP contribution is 2.27. The number of carboxylic acid groups (broad SMARTS) is 2. The highest BCUT2D eigenvalue weighted by atomic mass is 19.1. The van der Waals surface area contributed by atoms with Crippen LogP contribution in [0.25, 0.3) is 11.6 Å². The van der Waals surface area contributed by atoms with E-state index in [0.29, 0.717) is 35.5 Å². The van der Waals surface area contributed by atoms with Crippen LogP contribution in [-0.4, -0.2) is 75.0 Å². The van der Waals surface area contributed by atoms with Crippen molar-refractivity contribution in [2.45, 2.75) is 13.3 Å². The molecule has 0 saturated carbocycles. The Morgan fingerprint density at radius 3 is 1.72 bits per heavy atom. The summed E-state index contributed by atoms with van der Waals surface area (Å²) < 4.78 is 36.6. The number of halogens is 2. The second-order valence-corrected chi connectivity index (χ2v) is 10.3. The van der Waals surface area contributed by atoms with Crippen molar-refractivity contribution in [1.29, 1.82) is 0 Å². The molecular weight excluding hydrogens is 710 g/mol. The number of aromatic carboxylic acids is 1. The number of carboxylic acids is 1. The van der Waals surface area contributed by atoms with Gasteiger partial charge in [-0.1, -0.05) is 6.07 Å². The fourth-order valence-electron chi connectivity index (χ4n) is 3.96. The average Bonchev–Trinajstić information content (AvgIpc) is 3.91. The first-order chi connectivity index (χ1) is 25.8. The van der Waals surface area contributed by atoms with E-state index in [0.717, 1.165) is 11.6 Å². The number of nitrogens with one attached hydrogen (secondary N) is 2. The molecule has 0 aliphatic heterocycles. The lowest BCUT2D eigenvalue weighted by molar-refractivity contribution is -0.122. The molecule has 4 aromatic rings. The topological polar surface area (TPSA) is 282 Å². The van der Waals surface area contributed by atoms with Gasteiger partial charge >= 0.3 is 5.97 Å². The Labute approximate surface area is 308 Å². The summed E-state index contributed by atoms with van der Waals surface area (Å²) in [5.41, 5.74) is 24.1. The molecule has 12 N–H and O–H groups in total. The molecule has 2 aromatic heterocycles. The number of imidazole rings is 2. The highest BCUT2D eigenvalue weighted by molar-refractivity contribution is 5.94. The first-order valence-electron chi connectivity index (χ1n) is 15.4. The van der Waals surface area contributed by atoms with Gasteiger partial charge in [-0.3, -0.25) is 23.5 Å². The van der Waals surface area contributed by atoms with Gasteiger partial charge in [0, 0.05) is 57.1 Å². The molecule has 288 valence electrons. The number of benzene rings is 2. The average molecular weight is 753 g/mol. The van der Waals surface area contributed by atoms with Gasteiger partial charge < -0.3 is 48.5 Å². The highest BCUT2D eigenvalue weighted by Gasteiger charge is 2.16. The van der Waals surface area contributed by atoms with Crippen LogP contribution in [0.5, 0.6) is 5.75 Å². The number of aldehydes is 2. The van der Waals surface area contributed by atoms with Crippen molar-refractivity contribution < 1.29 is 42.9 Å². The van der Waals surface area contributed by atoms with Gasteiger partial charge in [-0.2, -0.15) is 0 Å². The number of rotatable bonds is 13. The first kappa shape index (κ1) is 44.6. The minimum atomic E-state index is -1.24. The van der Waals surface area contributed by atoms with E-state index < -0.39 is 11.8 Å². The third-order valence-corrected chi connectivity index (χ3v) is 6.63. The lowest BCUT2D eigenvalue weighted by atomic mass is 10.1. The molecule has 19 heteroatoms. The first-order valence-corrected chi connectivity index (χ1v) is 15.4. The lowest BCUT2D eigenvalue weighted by Crippen LogP contribution is -2.08. The zero-order valence-corrected chi connectivity index (χ0v) is 29.5. The molecule has 0 unspecified atom stereocenters. The Kier molecular flexibility index (Phi) is 19.7. The molecule has 4 rings (SSSR count). The van der Waals surface area contributed by atoms with Gasteiger partial charge in [0.25, 0.3) is 6.47 Å². The van der Waals surface area contributed by atoms with Gasteiger partial charge in [-0.15, -0.1) is 0 Å². The Morgan fingerprint density at radius 2 is 1.31 bits per heavy atom. The van der Waals surface area contributed by atoms with Gasteiger partial charge in [0.15, 0.2) is 24.1 Å². The van der Waals surface area contributed by atoms with E-state index in [1.165, 1.54) is 43.5 Å². The van der Waals surface area contributed by atoms with Crippen LogP contribution in [0.1, 0.15) is 21.5 Å². The number of carbonyl (C=O) groups is 4. The molecule has 17 nitrogen and oxygen atoms in total. The monoisotopic (exact) mass is 752 g/mol. The Morgan fingerprint density at radius 1 is 0.815 bits per heavy atom. The number of aryl methyl sites for hydroxylation is 1. The number of hydrogen-bond acceptors (Lipinski definition) is 13. The molecule has 0 aliphatic rings. The van der Waals surface area contributed by atoms with Crippen molar-refractivity contribution in [2.75, 3.05) is 31.3 Å². The Hall–Kier alpha value is -7.44. The van der Waals surface area contributed by atoms with E-state index in [1.54, 1.807) is 59.7 Å². The fourth-order valence-corrected chi connectivity index (χ4v) is 3.96. The zero-order chi connectivity index (χ0) is 40.6. The second-order valence-electron chi connectivity index (χ2n) is 10.3. The van der Waals surface area contributed by atoms with E-state index in [2.05, 4.69) is 20.6 Å². The second kappa shape index (κ2) is 23.9. The number of nitrogens with two attached hydrogens (primary N) is 4. The third-order valence-electron chi connectivity index (χ3n) is 6.63. The number of ether oxygens (including phenoxy) is 1. The standard InChI is InChI=1S/C18H20F2N2O3.2C8H10N4O.CH2O2/c1-10-6-11(13(19)8-15(10)21-2)4-5-25-17-9-16(22-3)12(18(23)24)7-14(17)20;2*9-7(5-13)1-2-8(10)12-4-3-11-6-12;2-1-3/h6-9,21-22H,4-5H2,1-3H3,(H,23,24);2*1-6H,9-10H2;1H,(H,2,3)/b;2*7-1-,8-2+;. The van der Waals surface area contributed by atoms with Crippen LogP contribution in [0.15, 0.2) is 97.4 Å². The van der Waals surface area contributed by atoms with E-state index >= 15 is 0 Å². The van der Waals surface area contributed by atoms with Crippen LogP contribution in [0.3, 0.4) is 0 Å². The summed E-state index contributed by atoms with van der Waals surface area (Å²) in [7, 11) is 3.25.